The number of nitrogens with one attached hydrogen (secondary N) is 2. The minimum Gasteiger partial charge on any atom is -0.325 e. The first-order valence-electron chi connectivity index (χ1n) is 11.8. The molecule has 0 fully saturated rings. The van der Waals surface area contributed by atoms with E-state index in [2.05, 4.69) is 14.7 Å². The second kappa shape index (κ2) is 10.00. The van der Waals surface area contributed by atoms with E-state index in [1.807, 2.05) is 49.4 Å². The lowest BCUT2D eigenvalue weighted by atomic mass is 10.1. The third kappa shape index (κ3) is 5.02. The molecule has 0 atom stereocenters. The number of hydrogen-bond donors (Lipinski definition) is 2. The molecule has 0 bridgehead atoms. The Kier molecular flexibility index (Phi) is 6.60. The van der Waals surface area contributed by atoms with Crippen LogP contribution in [0.5, 0.6) is 0 Å². The lowest BCUT2D eigenvalue weighted by molar-refractivity contribution is 0.581. The van der Waals surface area contributed by atoms with Gasteiger partial charge in [0.25, 0.3) is 5.56 Å². The van der Waals surface area contributed by atoms with E-state index in [-0.39, 0.29) is 18.0 Å². The maximum Gasteiger partial charge on any atom is 0.330 e. The highest BCUT2D eigenvalue weighted by Crippen LogP contribution is 2.21. The summed E-state index contributed by atoms with van der Waals surface area (Å²) in [6.45, 7) is 2.78. The van der Waals surface area contributed by atoms with Crippen LogP contribution in [0.3, 0.4) is 0 Å². The van der Waals surface area contributed by atoms with Crippen molar-refractivity contribution >= 4 is 21.2 Å². The SMILES string of the molecule is CCn1cnc2c1c(=O)[nH]c(=O)n2Cc1ccc(CNS(=O)(=O)c2ccc(-c3ccccc3)cc2)cc1. The van der Waals surface area contributed by atoms with Gasteiger partial charge in [-0.2, -0.15) is 0 Å². The third-order valence-electron chi connectivity index (χ3n) is 6.20. The highest BCUT2D eigenvalue weighted by atomic mass is 32.2. The summed E-state index contributed by atoms with van der Waals surface area (Å²) in [6.07, 6.45) is 1.54. The topological polar surface area (TPSA) is 119 Å². The van der Waals surface area contributed by atoms with Gasteiger partial charge in [-0.3, -0.25) is 14.3 Å². The second-order valence-corrected chi connectivity index (χ2v) is 10.3. The van der Waals surface area contributed by atoms with Gasteiger partial charge < -0.3 is 4.57 Å². The molecule has 188 valence electrons. The summed E-state index contributed by atoms with van der Waals surface area (Å²) in [5, 5.41) is 0. The normalized spacial score (nSPS) is 11.7. The molecule has 0 aliphatic carbocycles. The molecular weight excluding hydrogens is 490 g/mol. The lowest BCUT2D eigenvalue weighted by Gasteiger charge is -2.10. The summed E-state index contributed by atoms with van der Waals surface area (Å²) in [6, 6.07) is 23.8. The van der Waals surface area contributed by atoms with Crippen LogP contribution in [0, 0.1) is 0 Å². The fraction of sp³-hybridized carbons (Fsp3) is 0.148. The number of benzene rings is 3. The van der Waals surface area contributed by atoms with E-state index in [4.69, 9.17) is 0 Å². The molecule has 10 heteroatoms. The average Bonchev–Trinajstić information content (AvgIpc) is 3.36. The summed E-state index contributed by atoms with van der Waals surface area (Å²) in [5.74, 6) is 0. The van der Waals surface area contributed by atoms with Gasteiger partial charge in [0.15, 0.2) is 11.2 Å². The van der Waals surface area contributed by atoms with Crippen LogP contribution in [-0.4, -0.2) is 27.5 Å². The van der Waals surface area contributed by atoms with E-state index in [1.54, 1.807) is 47.3 Å². The highest BCUT2D eigenvalue weighted by molar-refractivity contribution is 7.89. The fourth-order valence-corrected chi connectivity index (χ4v) is 5.19. The predicted octanol–water partition coefficient (Wildman–Crippen LogP) is 3.10. The molecule has 0 aliphatic rings. The smallest absolute Gasteiger partial charge is 0.325 e. The van der Waals surface area contributed by atoms with E-state index in [9.17, 15) is 18.0 Å². The number of hydrogen-bond acceptors (Lipinski definition) is 5. The number of H-pyrrole nitrogens is 1. The fourth-order valence-electron chi connectivity index (χ4n) is 4.17. The quantitative estimate of drug-likeness (QED) is 0.329. The summed E-state index contributed by atoms with van der Waals surface area (Å²) in [5.41, 5.74) is 3.21. The van der Waals surface area contributed by atoms with Gasteiger partial charge in [-0.1, -0.05) is 66.7 Å². The van der Waals surface area contributed by atoms with E-state index >= 15 is 0 Å². The van der Waals surface area contributed by atoms with Gasteiger partial charge >= 0.3 is 5.69 Å². The van der Waals surface area contributed by atoms with Crippen molar-refractivity contribution < 1.29 is 8.42 Å². The zero-order chi connectivity index (χ0) is 26.0. The molecule has 0 saturated heterocycles. The van der Waals surface area contributed by atoms with Crippen molar-refractivity contribution in [2.45, 2.75) is 31.5 Å². The van der Waals surface area contributed by atoms with Crippen molar-refractivity contribution in [1.29, 1.82) is 0 Å². The van der Waals surface area contributed by atoms with Crippen LogP contribution < -0.4 is 16.0 Å². The largest absolute Gasteiger partial charge is 0.330 e. The molecule has 0 aliphatic heterocycles. The number of rotatable bonds is 8. The molecule has 3 aromatic carbocycles. The number of aromatic nitrogens is 4. The molecule has 2 N–H and O–H groups in total. The molecule has 2 heterocycles. The monoisotopic (exact) mass is 515 g/mol. The van der Waals surface area contributed by atoms with Gasteiger partial charge in [-0.15, -0.1) is 0 Å². The van der Waals surface area contributed by atoms with Crippen LogP contribution >= 0.6 is 0 Å². The Bertz CT molecular complexity index is 1770. The van der Waals surface area contributed by atoms with E-state index in [1.165, 1.54) is 4.57 Å². The van der Waals surface area contributed by atoms with Gasteiger partial charge in [-0.05, 0) is 41.3 Å². The molecule has 5 aromatic rings. The molecule has 0 spiro atoms. The van der Waals surface area contributed by atoms with Gasteiger partial charge in [-0.25, -0.2) is 22.9 Å². The molecule has 0 radical (unpaired) electrons. The summed E-state index contributed by atoms with van der Waals surface area (Å²) >= 11 is 0. The van der Waals surface area contributed by atoms with Crippen molar-refractivity contribution in [2.24, 2.45) is 0 Å². The maximum absolute atomic E-state index is 12.8. The summed E-state index contributed by atoms with van der Waals surface area (Å²) < 4.78 is 31.3. The Hall–Kier alpha value is -4.28. The van der Waals surface area contributed by atoms with Crippen molar-refractivity contribution in [3.63, 3.8) is 0 Å². The van der Waals surface area contributed by atoms with E-state index < -0.39 is 21.3 Å². The lowest BCUT2D eigenvalue weighted by Crippen LogP contribution is -2.31. The molecule has 0 saturated carbocycles. The number of sulfonamides is 1. The number of aryl methyl sites for hydroxylation is 1. The molecule has 2 aromatic heterocycles. The van der Waals surface area contributed by atoms with Crippen molar-refractivity contribution in [1.82, 2.24) is 23.8 Å². The second-order valence-electron chi connectivity index (χ2n) is 8.58. The van der Waals surface area contributed by atoms with Crippen LogP contribution in [-0.2, 0) is 29.7 Å². The maximum atomic E-state index is 12.8. The molecular formula is C27H25N5O4S. The Morgan fingerprint density at radius 3 is 2.19 bits per heavy atom. The van der Waals surface area contributed by atoms with Crippen LogP contribution in [0.1, 0.15) is 18.1 Å². The van der Waals surface area contributed by atoms with E-state index in [0.29, 0.717) is 17.7 Å². The molecule has 5 rings (SSSR count). The van der Waals surface area contributed by atoms with E-state index in [0.717, 1.165) is 22.3 Å². The summed E-state index contributed by atoms with van der Waals surface area (Å²) in [7, 11) is -3.69. The first kappa shape index (κ1) is 24.4. The first-order valence-corrected chi connectivity index (χ1v) is 13.2. The van der Waals surface area contributed by atoms with Crippen LogP contribution in [0.25, 0.3) is 22.3 Å². The molecule has 0 amide bonds. The Morgan fingerprint density at radius 1 is 0.865 bits per heavy atom. The van der Waals surface area contributed by atoms with Crippen molar-refractivity contribution in [3.05, 3.63) is 117 Å². The van der Waals surface area contributed by atoms with Crippen molar-refractivity contribution in [2.75, 3.05) is 0 Å². The first-order chi connectivity index (χ1) is 17.9. The van der Waals surface area contributed by atoms with Crippen LogP contribution in [0.4, 0.5) is 0 Å². The predicted molar refractivity (Wildman–Crippen MR) is 142 cm³/mol. The minimum absolute atomic E-state index is 0.118. The number of aromatic amines is 1. The minimum atomic E-state index is -3.69. The van der Waals surface area contributed by atoms with Crippen LogP contribution in [0.15, 0.2) is 99.7 Å². The van der Waals surface area contributed by atoms with Gasteiger partial charge in [0.2, 0.25) is 10.0 Å². The van der Waals surface area contributed by atoms with Crippen molar-refractivity contribution in [3.8, 4) is 11.1 Å². The zero-order valence-electron chi connectivity index (χ0n) is 20.1. The Balaban J connectivity index is 1.28. The third-order valence-corrected chi connectivity index (χ3v) is 7.61. The molecule has 0 unspecified atom stereocenters. The Morgan fingerprint density at radius 2 is 1.51 bits per heavy atom. The van der Waals surface area contributed by atoms with Gasteiger partial charge in [0.1, 0.15) is 0 Å². The molecule has 37 heavy (non-hydrogen) atoms. The zero-order valence-corrected chi connectivity index (χ0v) is 20.9. The number of nitrogens with zero attached hydrogens (tertiary/aromatic N) is 3. The number of imidazole rings is 1. The van der Waals surface area contributed by atoms with Gasteiger partial charge in [0.05, 0.1) is 17.8 Å². The van der Waals surface area contributed by atoms with Crippen LogP contribution in [0.2, 0.25) is 0 Å². The number of fused-ring (bicyclic) bond motifs is 1. The van der Waals surface area contributed by atoms with Gasteiger partial charge in [0, 0.05) is 13.1 Å². The standard InChI is InChI=1S/C27H25N5O4S/c1-2-31-18-28-25-24(31)26(33)30-27(34)32(25)17-20-10-8-19(9-11-20)16-29-37(35,36)23-14-12-22(13-15-23)21-6-4-3-5-7-21/h3-15,18,29H,2,16-17H2,1H3,(H,30,33,34). The summed E-state index contributed by atoms with van der Waals surface area (Å²) in [4.78, 5) is 31.5. The highest BCUT2D eigenvalue weighted by Gasteiger charge is 2.15. The average molecular weight is 516 g/mol. The molecule has 9 nitrogen and oxygen atoms in total. The Labute approximate surface area is 213 Å².